The molecule has 96 valence electrons. The Hall–Kier alpha value is -1.18. The van der Waals surface area contributed by atoms with Crippen LogP contribution in [0.1, 0.15) is 12.0 Å². The van der Waals surface area contributed by atoms with Crippen LogP contribution in [0.4, 0.5) is 0 Å². The van der Waals surface area contributed by atoms with E-state index >= 15 is 0 Å². The van der Waals surface area contributed by atoms with Gasteiger partial charge in [0.05, 0.1) is 11.6 Å². The van der Waals surface area contributed by atoms with Gasteiger partial charge < -0.3 is 4.74 Å². The van der Waals surface area contributed by atoms with Crippen molar-refractivity contribution in [3.63, 3.8) is 0 Å². The third-order valence-electron chi connectivity index (χ3n) is 3.23. The molecule has 1 aromatic rings. The lowest BCUT2D eigenvalue weighted by atomic mass is 10.2. The quantitative estimate of drug-likeness (QED) is 0.816. The van der Waals surface area contributed by atoms with E-state index in [0.29, 0.717) is 18.2 Å². The molecule has 1 saturated heterocycles. The predicted octanol–water partition coefficient (Wildman–Crippen LogP) is 2.37. The van der Waals surface area contributed by atoms with Gasteiger partial charge in [0.2, 0.25) is 0 Å². The molecular formula is C14H18N2OS. The Morgan fingerprint density at radius 2 is 2.22 bits per heavy atom. The van der Waals surface area contributed by atoms with Crippen LogP contribution >= 0.6 is 11.8 Å². The number of nitriles is 1. The Labute approximate surface area is 113 Å². The molecule has 1 fully saturated rings. The summed E-state index contributed by atoms with van der Waals surface area (Å²) >= 11 is 2.03. The van der Waals surface area contributed by atoms with Crippen LogP contribution in [-0.2, 0) is 0 Å². The van der Waals surface area contributed by atoms with Crippen LogP contribution in [0.2, 0.25) is 0 Å². The van der Waals surface area contributed by atoms with E-state index in [-0.39, 0.29) is 0 Å². The summed E-state index contributed by atoms with van der Waals surface area (Å²) in [4.78, 5) is 2.38. The maximum absolute atomic E-state index is 8.70. The number of nitrogens with zero attached hydrogens (tertiary/aromatic N) is 2. The highest BCUT2D eigenvalue weighted by atomic mass is 32.2. The van der Waals surface area contributed by atoms with Gasteiger partial charge in [0.25, 0.3) is 0 Å². The highest BCUT2D eigenvalue weighted by molar-refractivity contribution is 7.99. The molecule has 0 radical (unpaired) electrons. The summed E-state index contributed by atoms with van der Waals surface area (Å²) in [6, 6.07) is 10.1. The zero-order chi connectivity index (χ0) is 12.8. The summed E-state index contributed by atoms with van der Waals surface area (Å²) < 4.78 is 5.68. The second-order valence-electron chi connectivity index (χ2n) is 4.48. The minimum Gasteiger partial charge on any atom is -0.492 e. The molecule has 1 aliphatic rings. The number of likely N-dealkylation sites (N-methyl/N-ethyl adjacent to an activating group) is 1. The first kappa shape index (κ1) is 13.3. The average molecular weight is 262 g/mol. The van der Waals surface area contributed by atoms with Gasteiger partial charge in [-0.3, -0.25) is 4.90 Å². The highest BCUT2D eigenvalue weighted by Crippen LogP contribution is 2.21. The summed E-state index contributed by atoms with van der Waals surface area (Å²) in [6.07, 6.45) is 1.29. The fraction of sp³-hybridized carbons (Fsp3) is 0.500. The van der Waals surface area contributed by atoms with Crippen LogP contribution in [0.15, 0.2) is 24.3 Å². The zero-order valence-electron chi connectivity index (χ0n) is 10.6. The van der Waals surface area contributed by atoms with Gasteiger partial charge in [-0.1, -0.05) is 0 Å². The monoisotopic (exact) mass is 262 g/mol. The van der Waals surface area contributed by atoms with Gasteiger partial charge in [-0.15, -0.1) is 0 Å². The summed E-state index contributed by atoms with van der Waals surface area (Å²) in [5.41, 5.74) is 0.669. The fourth-order valence-electron chi connectivity index (χ4n) is 1.99. The zero-order valence-corrected chi connectivity index (χ0v) is 11.4. The van der Waals surface area contributed by atoms with Gasteiger partial charge in [-0.25, -0.2) is 0 Å². The number of benzene rings is 1. The molecular weight excluding hydrogens is 244 g/mol. The summed E-state index contributed by atoms with van der Waals surface area (Å²) in [7, 11) is 2.17. The molecule has 0 N–H and O–H groups in total. The first-order valence-electron chi connectivity index (χ1n) is 6.20. The van der Waals surface area contributed by atoms with E-state index in [9.17, 15) is 0 Å². The first-order chi connectivity index (χ1) is 8.79. The minimum atomic E-state index is 0.669. The second-order valence-corrected chi connectivity index (χ2v) is 5.63. The Morgan fingerprint density at radius 3 is 2.83 bits per heavy atom. The van der Waals surface area contributed by atoms with Gasteiger partial charge in [-0.2, -0.15) is 17.0 Å². The molecule has 1 aliphatic heterocycles. The van der Waals surface area contributed by atoms with E-state index in [4.69, 9.17) is 10.00 Å². The molecule has 0 aliphatic carbocycles. The fourth-order valence-corrected chi connectivity index (χ4v) is 3.28. The molecule has 0 amide bonds. The molecule has 2 rings (SSSR count). The van der Waals surface area contributed by atoms with Crippen molar-refractivity contribution in [3.8, 4) is 11.8 Å². The maximum atomic E-state index is 8.70. The lowest BCUT2D eigenvalue weighted by molar-refractivity contribution is 0.202. The summed E-state index contributed by atoms with van der Waals surface area (Å²) in [6.45, 7) is 1.65. The molecule has 0 bridgehead atoms. The summed E-state index contributed by atoms with van der Waals surface area (Å²) in [5.74, 6) is 3.36. The van der Waals surface area contributed by atoms with Crippen LogP contribution in [0.25, 0.3) is 0 Å². The molecule has 4 heteroatoms. The van der Waals surface area contributed by atoms with E-state index in [1.165, 1.54) is 17.9 Å². The van der Waals surface area contributed by atoms with Crippen LogP contribution in [0.3, 0.4) is 0 Å². The number of hydrogen-bond acceptors (Lipinski definition) is 4. The van der Waals surface area contributed by atoms with Crippen LogP contribution in [0.5, 0.6) is 5.75 Å². The third-order valence-corrected chi connectivity index (χ3v) is 4.37. The molecule has 18 heavy (non-hydrogen) atoms. The van der Waals surface area contributed by atoms with Gasteiger partial charge in [-0.05, 0) is 43.5 Å². The van der Waals surface area contributed by atoms with Crippen molar-refractivity contribution in [2.24, 2.45) is 0 Å². The van der Waals surface area contributed by atoms with E-state index < -0.39 is 0 Å². The van der Waals surface area contributed by atoms with Gasteiger partial charge in [0.15, 0.2) is 0 Å². The lowest BCUT2D eigenvalue weighted by Crippen LogP contribution is -2.34. The van der Waals surface area contributed by atoms with Crippen molar-refractivity contribution >= 4 is 11.8 Å². The van der Waals surface area contributed by atoms with Crippen LogP contribution < -0.4 is 4.74 Å². The lowest BCUT2D eigenvalue weighted by Gasteiger charge is -2.23. The van der Waals surface area contributed by atoms with E-state index in [1.807, 2.05) is 23.9 Å². The van der Waals surface area contributed by atoms with Crippen molar-refractivity contribution < 1.29 is 4.74 Å². The average Bonchev–Trinajstić information content (AvgIpc) is 2.93. The highest BCUT2D eigenvalue weighted by Gasteiger charge is 2.19. The SMILES string of the molecule is CN(CCOc1ccc(C#N)cc1)C1CCSC1. The number of thioether (sulfide) groups is 1. The molecule has 1 heterocycles. The molecule has 1 atom stereocenters. The molecule has 0 saturated carbocycles. The Balaban J connectivity index is 1.72. The van der Waals surface area contributed by atoms with Crippen molar-refractivity contribution in [1.82, 2.24) is 4.90 Å². The maximum Gasteiger partial charge on any atom is 0.119 e. The normalized spacial score (nSPS) is 18.8. The molecule has 3 nitrogen and oxygen atoms in total. The Bertz CT molecular complexity index is 407. The minimum absolute atomic E-state index is 0.669. The van der Waals surface area contributed by atoms with Crippen molar-refractivity contribution in [2.45, 2.75) is 12.5 Å². The van der Waals surface area contributed by atoms with Crippen LogP contribution in [0, 0.1) is 11.3 Å². The smallest absolute Gasteiger partial charge is 0.119 e. The largest absolute Gasteiger partial charge is 0.492 e. The summed E-state index contributed by atoms with van der Waals surface area (Å²) in [5, 5.41) is 8.70. The molecule has 1 unspecified atom stereocenters. The second kappa shape index (κ2) is 6.67. The van der Waals surface area contributed by atoms with Crippen molar-refractivity contribution in [2.75, 3.05) is 31.7 Å². The van der Waals surface area contributed by atoms with E-state index in [2.05, 4.69) is 18.0 Å². The molecule has 1 aromatic carbocycles. The van der Waals surface area contributed by atoms with Gasteiger partial charge >= 0.3 is 0 Å². The van der Waals surface area contributed by atoms with Gasteiger partial charge in [0, 0.05) is 18.3 Å². The molecule has 0 aromatic heterocycles. The number of ether oxygens (including phenoxy) is 1. The number of rotatable bonds is 5. The van der Waals surface area contributed by atoms with Crippen LogP contribution in [-0.4, -0.2) is 42.6 Å². The standard InChI is InChI=1S/C14H18N2OS/c1-16(13-6-9-18-11-13)7-8-17-14-4-2-12(10-15)3-5-14/h2-5,13H,6-9,11H2,1H3. The van der Waals surface area contributed by atoms with E-state index in [1.54, 1.807) is 12.1 Å². The Morgan fingerprint density at radius 1 is 1.44 bits per heavy atom. The third kappa shape index (κ3) is 3.66. The molecule has 0 spiro atoms. The van der Waals surface area contributed by atoms with Gasteiger partial charge in [0.1, 0.15) is 12.4 Å². The first-order valence-corrected chi connectivity index (χ1v) is 7.36. The predicted molar refractivity (Wildman–Crippen MR) is 75.0 cm³/mol. The van der Waals surface area contributed by atoms with Crippen molar-refractivity contribution in [3.05, 3.63) is 29.8 Å². The Kier molecular flexibility index (Phi) is 4.91. The topological polar surface area (TPSA) is 36.3 Å². The van der Waals surface area contributed by atoms with Crippen molar-refractivity contribution in [1.29, 1.82) is 5.26 Å². The number of hydrogen-bond donors (Lipinski definition) is 0. The van der Waals surface area contributed by atoms with E-state index in [0.717, 1.165) is 12.3 Å².